The molecule has 1 fully saturated rings. The SMILES string of the molecule is CCCC(N)C(=O)N1CCC(c2cnn(CC)c2)CC1.Cl. The van der Waals surface area contributed by atoms with E-state index >= 15 is 0 Å². The van der Waals surface area contributed by atoms with Crippen LogP contribution in [-0.2, 0) is 11.3 Å². The number of halogens is 1. The number of aryl methyl sites for hydroxylation is 1. The molecule has 1 aliphatic rings. The number of likely N-dealkylation sites (tertiary alicyclic amines) is 1. The molecule has 21 heavy (non-hydrogen) atoms. The summed E-state index contributed by atoms with van der Waals surface area (Å²) in [5, 5.41) is 4.33. The Balaban J connectivity index is 0.00000220. The first kappa shape index (κ1) is 18.0. The Bertz CT molecular complexity index is 441. The number of nitrogens with two attached hydrogens (primary N) is 1. The second-order valence-corrected chi connectivity index (χ2v) is 5.62. The second kappa shape index (κ2) is 8.39. The van der Waals surface area contributed by atoms with Crippen molar-refractivity contribution in [2.24, 2.45) is 5.73 Å². The zero-order valence-electron chi connectivity index (χ0n) is 13.0. The first-order chi connectivity index (χ1) is 9.65. The van der Waals surface area contributed by atoms with Gasteiger partial charge >= 0.3 is 0 Å². The molecule has 120 valence electrons. The maximum Gasteiger partial charge on any atom is 0.239 e. The number of carbonyl (C=O) groups excluding carboxylic acids is 1. The van der Waals surface area contributed by atoms with Crippen molar-refractivity contribution in [2.45, 2.75) is 58.0 Å². The molecule has 0 spiro atoms. The molecular weight excluding hydrogens is 288 g/mol. The molecule has 6 heteroatoms. The van der Waals surface area contributed by atoms with Crippen molar-refractivity contribution in [1.82, 2.24) is 14.7 Å². The van der Waals surface area contributed by atoms with Gasteiger partial charge < -0.3 is 10.6 Å². The van der Waals surface area contributed by atoms with Crippen molar-refractivity contribution in [3.8, 4) is 0 Å². The predicted octanol–water partition coefficient (Wildman–Crippen LogP) is 2.16. The van der Waals surface area contributed by atoms with Gasteiger partial charge in [0.1, 0.15) is 0 Å². The minimum Gasteiger partial charge on any atom is -0.341 e. The third-order valence-electron chi connectivity index (χ3n) is 4.17. The van der Waals surface area contributed by atoms with Crippen LogP contribution in [0.5, 0.6) is 0 Å². The highest BCUT2D eigenvalue weighted by atomic mass is 35.5. The molecule has 0 aliphatic carbocycles. The van der Waals surface area contributed by atoms with Crippen LogP contribution >= 0.6 is 12.4 Å². The monoisotopic (exact) mass is 314 g/mol. The van der Waals surface area contributed by atoms with Crippen LogP contribution in [0.1, 0.15) is 51.0 Å². The van der Waals surface area contributed by atoms with Gasteiger partial charge in [0.25, 0.3) is 0 Å². The molecule has 1 amide bonds. The Morgan fingerprint density at radius 3 is 2.62 bits per heavy atom. The van der Waals surface area contributed by atoms with Crippen LogP contribution in [0.25, 0.3) is 0 Å². The van der Waals surface area contributed by atoms with Crippen LogP contribution in [0.3, 0.4) is 0 Å². The van der Waals surface area contributed by atoms with E-state index in [1.54, 1.807) is 0 Å². The van der Waals surface area contributed by atoms with Gasteiger partial charge in [0.2, 0.25) is 5.91 Å². The highest BCUT2D eigenvalue weighted by molar-refractivity contribution is 5.85. The standard InChI is InChI=1S/C15H26N4O.ClH/c1-3-5-14(16)15(20)18-8-6-12(7-9-18)13-10-17-19(4-2)11-13;/h10-12,14H,3-9,16H2,1-2H3;1H. The summed E-state index contributed by atoms with van der Waals surface area (Å²) < 4.78 is 1.96. The van der Waals surface area contributed by atoms with Gasteiger partial charge in [-0.2, -0.15) is 5.10 Å². The van der Waals surface area contributed by atoms with E-state index in [2.05, 4.69) is 25.1 Å². The normalized spacial score (nSPS) is 17.4. The van der Waals surface area contributed by atoms with Gasteiger partial charge in [0.15, 0.2) is 0 Å². The summed E-state index contributed by atoms with van der Waals surface area (Å²) in [4.78, 5) is 14.1. The van der Waals surface area contributed by atoms with E-state index in [1.807, 2.05) is 15.8 Å². The van der Waals surface area contributed by atoms with Crippen molar-refractivity contribution in [1.29, 1.82) is 0 Å². The van der Waals surface area contributed by atoms with E-state index in [0.717, 1.165) is 45.3 Å². The Kier molecular flexibility index (Phi) is 7.18. The zero-order valence-corrected chi connectivity index (χ0v) is 13.8. The fourth-order valence-corrected chi connectivity index (χ4v) is 2.87. The maximum absolute atomic E-state index is 12.2. The molecule has 1 atom stereocenters. The molecule has 0 bridgehead atoms. The molecule has 0 radical (unpaired) electrons. The van der Waals surface area contributed by atoms with Crippen LogP contribution in [0, 0.1) is 0 Å². The van der Waals surface area contributed by atoms with Crippen molar-refractivity contribution in [3.63, 3.8) is 0 Å². The molecule has 2 rings (SSSR count). The summed E-state index contributed by atoms with van der Waals surface area (Å²) in [5.74, 6) is 0.649. The number of piperidine rings is 1. The predicted molar refractivity (Wildman–Crippen MR) is 86.6 cm³/mol. The number of rotatable bonds is 5. The van der Waals surface area contributed by atoms with E-state index in [1.165, 1.54) is 5.56 Å². The van der Waals surface area contributed by atoms with E-state index in [4.69, 9.17) is 5.73 Å². The molecule has 0 aromatic carbocycles. The highest BCUT2D eigenvalue weighted by Gasteiger charge is 2.27. The van der Waals surface area contributed by atoms with Gasteiger partial charge in [-0.15, -0.1) is 12.4 Å². The lowest BCUT2D eigenvalue weighted by Gasteiger charge is -2.33. The number of hydrogen-bond donors (Lipinski definition) is 1. The third-order valence-corrected chi connectivity index (χ3v) is 4.17. The smallest absolute Gasteiger partial charge is 0.239 e. The highest BCUT2D eigenvalue weighted by Crippen LogP contribution is 2.27. The zero-order chi connectivity index (χ0) is 14.5. The minimum absolute atomic E-state index is 0. The average Bonchev–Trinajstić information content (AvgIpc) is 2.96. The quantitative estimate of drug-likeness (QED) is 0.905. The number of aromatic nitrogens is 2. The lowest BCUT2D eigenvalue weighted by atomic mass is 9.91. The van der Waals surface area contributed by atoms with Crippen molar-refractivity contribution < 1.29 is 4.79 Å². The minimum atomic E-state index is -0.320. The van der Waals surface area contributed by atoms with Gasteiger partial charge in [-0.3, -0.25) is 9.48 Å². The van der Waals surface area contributed by atoms with Crippen molar-refractivity contribution in [2.75, 3.05) is 13.1 Å². The van der Waals surface area contributed by atoms with Gasteiger partial charge in [-0.1, -0.05) is 13.3 Å². The van der Waals surface area contributed by atoms with Gasteiger partial charge in [0.05, 0.1) is 12.2 Å². The number of carbonyl (C=O) groups is 1. The van der Waals surface area contributed by atoms with Gasteiger partial charge in [0, 0.05) is 25.8 Å². The summed E-state index contributed by atoms with van der Waals surface area (Å²) in [6.07, 6.45) is 7.86. The lowest BCUT2D eigenvalue weighted by Crippen LogP contribution is -2.46. The summed E-state index contributed by atoms with van der Waals surface area (Å²) in [6.45, 7) is 6.69. The molecule has 0 saturated carbocycles. The summed E-state index contributed by atoms with van der Waals surface area (Å²) in [7, 11) is 0. The fourth-order valence-electron chi connectivity index (χ4n) is 2.87. The fraction of sp³-hybridized carbons (Fsp3) is 0.733. The largest absolute Gasteiger partial charge is 0.341 e. The van der Waals surface area contributed by atoms with E-state index in [-0.39, 0.29) is 24.4 Å². The topological polar surface area (TPSA) is 64.2 Å². The Morgan fingerprint density at radius 1 is 1.43 bits per heavy atom. The third kappa shape index (κ3) is 4.45. The van der Waals surface area contributed by atoms with Crippen LogP contribution in [0.4, 0.5) is 0 Å². The molecule has 1 aliphatic heterocycles. The molecule has 2 heterocycles. The van der Waals surface area contributed by atoms with Crippen molar-refractivity contribution in [3.05, 3.63) is 18.0 Å². The van der Waals surface area contributed by atoms with E-state index in [9.17, 15) is 4.79 Å². The summed E-state index contributed by atoms with van der Waals surface area (Å²) in [6, 6.07) is -0.320. The van der Waals surface area contributed by atoms with Crippen molar-refractivity contribution >= 4 is 18.3 Å². The number of nitrogens with zero attached hydrogens (tertiary/aromatic N) is 3. The first-order valence-corrected chi connectivity index (χ1v) is 7.72. The van der Waals surface area contributed by atoms with Crippen LogP contribution in [-0.4, -0.2) is 39.7 Å². The second-order valence-electron chi connectivity index (χ2n) is 5.62. The molecule has 1 saturated heterocycles. The Morgan fingerprint density at radius 2 is 2.10 bits per heavy atom. The van der Waals surface area contributed by atoms with E-state index in [0.29, 0.717) is 5.92 Å². The molecular formula is C15H27ClN4O. The van der Waals surface area contributed by atoms with Gasteiger partial charge in [-0.05, 0) is 37.7 Å². The Labute approximate surface area is 133 Å². The molecule has 2 N–H and O–H groups in total. The molecule has 1 aromatic rings. The first-order valence-electron chi connectivity index (χ1n) is 7.72. The average molecular weight is 315 g/mol. The molecule has 5 nitrogen and oxygen atoms in total. The van der Waals surface area contributed by atoms with Crippen LogP contribution in [0.2, 0.25) is 0 Å². The lowest BCUT2D eigenvalue weighted by molar-refractivity contribution is -0.133. The maximum atomic E-state index is 12.2. The Hall–Kier alpha value is -1.07. The van der Waals surface area contributed by atoms with Gasteiger partial charge in [-0.25, -0.2) is 0 Å². The van der Waals surface area contributed by atoms with Crippen LogP contribution < -0.4 is 5.73 Å². The molecule has 1 unspecified atom stereocenters. The number of amides is 1. The summed E-state index contributed by atoms with van der Waals surface area (Å²) in [5.41, 5.74) is 7.22. The van der Waals surface area contributed by atoms with E-state index < -0.39 is 0 Å². The number of hydrogen-bond acceptors (Lipinski definition) is 3. The molecule has 1 aromatic heterocycles. The summed E-state index contributed by atoms with van der Waals surface area (Å²) >= 11 is 0. The van der Waals surface area contributed by atoms with Crippen LogP contribution in [0.15, 0.2) is 12.4 Å².